The van der Waals surface area contributed by atoms with Crippen molar-refractivity contribution < 1.29 is 14.3 Å². The molecule has 1 aromatic rings. The predicted octanol–water partition coefficient (Wildman–Crippen LogP) is 3.15. The highest BCUT2D eigenvalue weighted by molar-refractivity contribution is 7.17. The van der Waals surface area contributed by atoms with E-state index in [-0.39, 0.29) is 24.1 Å². The maximum Gasteiger partial charge on any atom is 0.358 e. The van der Waals surface area contributed by atoms with E-state index in [2.05, 4.69) is 30.7 Å². The van der Waals surface area contributed by atoms with Gasteiger partial charge in [-0.2, -0.15) is 0 Å². The van der Waals surface area contributed by atoms with E-state index >= 15 is 0 Å². The van der Waals surface area contributed by atoms with E-state index in [9.17, 15) is 9.59 Å². The third-order valence-corrected chi connectivity index (χ3v) is 3.93. The van der Waals surface area contributed by atoms with Crippen LogP contribution in [0.25, 0.3) is 0 Å². The molecule has 1 rings (SSSR count). The summed E-state index contributed by atoms with van der Waals surface area (Å²) < 4.78 is 4.97. The van der Waals surface area contributed by atoms with Gasteiger partial charge in [-0.25, -0.2) is 9.78 Å². The number of Topliss-reactive ketones (excluding diaryl/α,β-unsaturated/α-hetero) is 1. The highest BCUT2D eigenvalue weighted by Gasteiger charge is 2.25. The zero-order valence-corrected chi connectivity index (χ0v) is 13.5. The summed E-state index contributed by atoms with van der Waals surface area (Å²) in [5, 5.41) is 0.704. The Kier molecular flexibility index (Phi) is 6.13. The van der Waals surface area contributed by atoms with E-state index in [0.717, 1.165) is 13.0 Å². The number of rotatable bonds is 7. The highest BCUT2D eigenvalue weighted by Crippen LogP contribution is 2.29. The number of ketones is 1. The number of nitrogens with zero attached hydrogens (tertiary/aromatic N) is 2. The van der Waals surface area contributed by atoms with Crippen molar-refractivity contribution in [3.63, 3.8) is 0 Å². The van der Waals surface area contributed by atoms with Gasteiger partial charge in [-0.3, -0.25) is 4.79 Å². The van der Waals surface area contributed by atoms with Crippen LogP contribution in [0.1, 0.15) is 61.2 Å². The van der Waals surface area contributed by atoms with Gasteiger partial charge in [-0.15, -0.1) is 0 Å². The molecule has 0 aliphatic carbocycles. The first kappa shape index (κ1) is 16.6. The lowest BCUT2D eigenvalue weighted by atomic mass is 10.3. The van der Waals surface area contributed by atoms with E-state index in [1.54, 1.807) is 6.92 Å². The lowest BCUT2D eigenvalue weighted by Gasteiger charge is -2.25. The van der Waals surface area contributed by atoms with Gasteiger partial charge in [0.25, 0.3) is 0 Å². The highest BCUT2D eigenvalue weighted by atomic mass is 32.1. The van der Waals surface area contributed by atoms with E-state index in [0.29, 0.717) is 10.0 Å². The van der Waals surface area contributed by atoms with Crippen LogP contribution in [-0.4, -0.2) is 35.9 Å². The third-order valence-electron chi connectivity index (χ3n) is 2.74. The molecule has 0 spiro atoms. The van der Waals surface area contributed by atoms with Crippen molar-refractivity contribution in [3.8, 4) is 0 Å². The normalized spacial score (nSPS) is 10.7. The van der Waals surface area contributed by atoms with Crippen LogP contribution >= 0.6 is 11.3 Å². The van der Waals surface area contributed by atoms with Crippen LogP contribution in [0.3, 0.4) is 0 Å². The molecular weight excluding hydrogens is 276 g/mol. The Bertz CT molecular complexity index is 483. The fourth-order valence-corrected chi connectivity index (χ4v) is 2.93. The molecule has 0 radical (unpaired) electrons. The number of hydrogen-bond acceptors (Lipinski definition) is 6. The average molecular weight is 298 g/mol. The second-order valence-corrected chi connectivity index (χ2v) is 5.72. The van der Waals surface area contributed by atoms with Gasteiger partial charge in [-0.05, 0) is 27.2 Å². The number of aromatic nitrogens is 1. The number of esters is 1. The Morgan fingerprint density at radius 2 is 2.00 bits per heavy atom. The second-order valence-electron chi connectivity index (χ2n) is 4.74. The molecule has 0 atom stereocenters. The van der Waals surface area contributed by atoms with E-state index in [1.807, 2.05) is 0 Å². The average Bonchev–Trinajstić information content (AvgIpc) is 2.80. The summed E-state index contributed by atoms with van der Waals surface area (Å²) in [5.74, 6) is -0.683. The fraction of sp³-hybridized carbons (Fsp3) is 0.643. The summed E-state index contributed by atoms with van der Waals surface area (Å²) in [7, 11) is 0. The fourth-order valence-electron chi connectivity index (χ4n) is 1.82. The Labute approximate surface area is 124 Å². The number of carbonyl (C=O) groups is 2. The molecule has 6 heteroatoms. The number of hydrogen-bond donors (Lipinski definition) is 0. The molecule has 0 N–H and O–H groups in total. The lowest BCUT2D eigenvalue weighted by molar-refractivity contribution is 0.0517. The predicted molar refractivity (Wildman–Crippen MR) is 80.8 cm³/mol. The number of thiazole rings is 1. The van der Waals surface area contributed by atoms with Crippen LogP contribution in [0, 0.1) is 0 Å². The minimum atomic E-state index is -0.527. The molecular formula is C14H22N2O3S. The standard InChI is InChI=1S/C14H22N2O3S/c1-6-8-16(9(3)4)14-15-11(13(18)19-7-2)12(20-14)10(5)17/h9H,6-8H2,1-5H3. The molecule has 112 valence electrons. The van der Waals surface area contributed by atoms with Crippen LogP contribution in [0.5, 0.6) is 0 Å². The van der Waals surface area contributed by atoms with Gasteiger partial charge in [-0.1, -0.05) is 18.3 Å². The Hall–Kier alpha value is -1.43. The summed E-state index contributed by atoms with van der Waals surface area (Å²) in [4.78, 5) is 30.4. The monoisotopic (exact) mass is 298 g/mol. The van der Waals surface area contributed by atoms with Crippen molar-refractivity contribution in [2.45, 2.75) is 47.1 Å². The van der Waals surface area contributed by atoms with Gasteiger partial charge < -0.3 is 9.64 Å². The summed E-state index contributed by atoms with van der Waals surface area (Å²) in [6.45, 7) is 10.5. The molecule has 0 amide bonds. The van der Waals surface area contributed by atoms with Crippen LogP contribution < -0.4 is 4.90 Å². The first-order valence-electron chi connectivity index (χ1n) is 6.87. The topological polar surface area (TPSA) is 59.5 Å². The Morgan fingerprint density at radius 1 is 1.35 bits per heavy atom. The number of anilines is 1. The first-order chi connectivity index (χ1) is 9.42. The van der Waals surface area contributed by atoms with Gasteiger partial charge in [0.2, 0.25) is 0 Å². The Balaban J connectivity index is 3.19. The maximum atomic E-state index is 11.9. The van der Waals surface area contributed by atoms with E-state index in [4.69, 9.17) is 4.74 Å². The Morgan fingerprint density at radius 3 is 2.45 bits per heavy atom. The minimum absolute atomic E-state index is 0.140. The van der Waals surface area contributed by atoms with Crippen molar-refractivity contribution in [3.05, 3.63) is 10.6 Å². The molecule has 0 saturated heterocycles. The molecule has 0 aliphatic rings. The van der Waals surface area contributed by atoms with Gasteiger partial charge in [0.05, 0.1) is 6.61 Å². The molecule has 0 bridgehead atoms. The van der Waals surface area contributed by atoms with Crippen LogP contribution in [-0.2, 0) is 4.74 Å². The first-order valence-corrected chi connectivity index (χ1v) is 7.69. The lowest BCUT2D eigenvalue weighted by Crippen LogP contribution is -2.31. The number of ether oxygens (including phenoxy) is 1. The van der Waals surface area contributed by atoms with Crippen molar-refractivity contribution in [2.75, 3.05) is 18.1 Å². The summed E-state index contributed by atoms with van der Waals surface area (Å²) >= 11 is 1.26. The quantitative estimate of drug-likeness (QED) is 0.571. The molecule has 0 unspecified atom stereocenters. The molecule has 1 aromatic heterocycles. The van der Waals surface area contributed by atoms with Crippen molar-refractivity contribution in [1.82, 2.24) is 4.98 Å². The summed E-state index contributed by atoms with van der Waals surface area (Å²) in [5.41, 5.74) is 0.140. The van der Waals surface area contributed by atoms with Gasteiger partial charge in [0.15, 0.2) is 16.6 Å². The maximum absolute atomic E-state index is 11.9. The molecule has 0 fully saturated rings. The van der Waals surface area contributed by atoms with Crippen molar-refractivity contribution in [1.29, 1.82) is 0 Å². The van der Waals surface area contributed by atoms with E-state index < -0.39 is 5.97 Å². The number of carbonyl (C=O) groups excluding carboxylic acids is 2. The SMILES string of the molecule is CCCN(c1nc(C(=O)OCC)c(C(C)=O)s1)C(C)C. The van der Waals surface area contributed by atoms with Crippen LogP contribution in [0.2, 0.25) is 0 Å². The van der Waals surface area contributed by atoms with Crippen LogP contribution in [0.4, 0.5) is 5.13 Å². The molecule has 0 aliphatic heterocycles. The third kappa shape index (κ3) is 3.79. The molecule has 1 heterocycles. The molecule has 0 aromatic carbocycles. The largest absolute Gasteiger partial charge is 0.461 e. The zero-order valence-electron chi connectivity index (χ0n) is 12.7. The van der Waals surface area contributed by atoms with Crippen LogP contribution in [0.15, 0.2) is 0 Å². The molecule has 0 saturated carbocycles. The molecule has 20 heavy (non-hydrogen) atoms. The molecule has 5 nitrogen and oxygen atoms in total. The summed E-state index contributed by atoms with van der Waals surface area (Å²) in [6.07, 6.45) is 0.974. The van der Waals surface area contributed by atoms with Crippen molar-refractivity contribution >= 4 is 28.2 Å². The van der Waals surface area contributed by atoms with Gasteiger partial charge >= 0.3 is 5.97 Å². The van der Waals surface area contributed by atoms with Gasteiger partial charge in [0.1, 0.15) is 4.88 Å². The summed E-state index contributed by atoms with van der Waals surface area (Å²) in [6, 6.07) is 0.260. The minimum Gasteiger partial charge on any atom is -0.461 e. The zero-order chi connectivity index (χ0) is 15.3. The van der Waals surface area contributed by atoms with E-state index in [1.165, 1.54) is 18.3 Å². The van der Waals surface area contributed by atoms with Gasteiger partial charge in [0, 0.05) is 19.5 Å². The van der Waals surface area contributed by atoms with Crippen molar-refractivity contribution in [2.24, 2.45) is 0 Å². The second kappa shape index (κ2) is 7.38. The smallest absolute Gasteiger partial charge is 0.358 e.